The van der Waals surface area contributed by atoms with E-state index in [1.54, 1.807) is 6.07 Å². The summed E-state index contributed by atoms with van der Waals surface area (Å²) in [5, 5.41) is 12.0. The number of amides is 1. The average molecular weight is 492 g/mol. The van der Waals surface area contributed by atoms with E-state index >= 15 is 0 Å². The third-order valence-electron chi connectivity index (χ3n) is 3.51. The molecule has 0 radical (unpaired) electrons. The van der Waals surface area contributed by atoms with E-state index in [9.17, 15) is 4.79 Å². The minimum Gasteiger partial charge on any atom is -0.457 e. The summed E-state index contributed by atoms with van der Waals surface area (Å²) in [6.45, 7) is 0.705. The van der Waals surface area contributed by atoms with E-state index in [4.69, 9.17) is 10.5 Å². The van der Waals surface area contributed by atoms with Crippen LogP contribution in [0, 0.1) is 0 Å². The van der Waals surface area contributed by atoms with Crippen LogP contribution in [0.2, 0.25) is 0 Å². The number of benzene rings is 2. The van der Waals surface area contributed by atoms with Gasteiger partial charge < -0.3 is 21.1 Å². The molecule has 9 heteroatoms. The predicted molar refractivity (Wildman–Crippen MR) is 119 cm³/mol. The third-order valence-corrected chi connectivity index (χ3v) is 3.51. The lowest BCUT2D eigenvalue weighted by Crippen LogP contribution is -2.28. The van der Waals surface area contributed by atoms with Gasteiger partial charge in [0.05, 0.1) is 6.54 Å². The molecule has 0 unspecified atom stereocenters. The second kappa shape index (κ2) is 10.9. The van der Waals surface area contributed by atoms with Gasteiger partial charge >= 0.3 is 0 Å². The standard InChI is InChI=1S/C19H20N6O2.HI/c20-19(22-12-11-21-18(26)17-9-10-23-25-17)24-14-5-4-8-16(13-14)27-15-6-2-1-3-7-15;/h1-10,13H,11-12H2,(H,21,26)(H,23,25)(H3,20,22,24);1H. The summed E-state index contributed by atoms with van der Waals surface area (Å²) in [5.74, 6) is 1.46. The van der Waals surface area contributed by atoms with Gasteiger partial charge in [-0.25, -0.2) is 0 Å². The Bertz CT molecular complexity index is 900. The molecule has 0 saturated heterocycles. The summed E-state index contributed by atoms with van der Waals surface area (Å²) in [6.07, 6.45) is 1.52. The molecule has 28 heavy (non-hydrogen) atoms. The lowest BCUT2D eigenvalue weighted by Gasteiger charge is -2.09. The molecule has 3 rings (SSSR count). The Morgan fingerprint density at radius 2 is 1.89 bits per heavy atom. The number of carbonyl (C=O) groups excluding carboxylic acids is 1. The largest absolute Gasteiger partial charge is 0.457 e. The van der Waals surface area contributed by atoms with Crippen LogP contribution in [0.15, 0.2) is 71.9 Å². The fraction of sp³-hybridized carbons (Fsp3) is 0.105. The fourth-order valence-corrected chi connectivity index (χ4v) is 2.27. The SMILES string of the molecule is I.NC(=NCCNC(=O)c1ccn[nH]1)Nc1cccc(Oc2ccccc2)c1. The summed E-state index contributed by atoms with van der Waals surface area (Å²) in [4.78, 5) is 15.9. The molecule has 0 aliphatic rings. The Kier molecular flexibility index (Phi) is 8.28. The molecule has 5 N–H and O–H groups in total. The first kappa shape index (κ1) is 21.2. The number of ether oxygens (including phenoxy) is 1. The van der Waals surface area contributed by atoms with Crippen molar-refractivity contribution in [3.05, 3.63) is 72.6 Å². The monoisotopic (exact) mass is 492 g/mol. The van der Waals surface area contributed by atoms with E-state index in [0.29, 0.717) is 24.5 Å². The first-order valence-corrected chi connectivity index (χ1v) is 8.38. The van der Waals surface area contributed by atoms with Crippen molar-refractivity contribution in [3.63, 3.8) is 0 Å². The molecule has 0 aliphatic carbocycles. The summed E-state index contributed by atoms with van der Waals surface area (Å²) >= 11 is 0. The number of H-pyrrole nitrogens is 1. The van der Waals surface area contributed by atoms with E-state index in [-0.39, 0.29) is 35.8 Å². The Hall–Kier alpha value is -3.08. The predicted octanol–water partition coefficient (Wildman–Crippen LogP) is 2.98. The molecule has 0 fully saturated rings. The average Bonchev–Trinajstić information content (AvgIpc) is 3.21. The van der Waals surface area contributed by atoms with Crippen molar-refractivity contribution in [1.29, 1.82) is 0 Å². The number of carbonyl (C=O) groups is 1. The molecule has 1 aromatic heterocycles. The summed E-state index contributed by atoms with van der Waals surface area (Å²) < 4.78 is 5.78. The number of anilines is 1. The highest BCUT2D eigenvalue weighted by atomic mass is 127. The van der Waals surface area contributed by atoms with Gasteiger partial charge in [-0.15, -0.1) is 24.0 Å². The van der Waals surface area contributed by atoms with Gasteiger partial charge in [-0.05, 0) is 30.3 Å². The van der Waals surface area contributed by atoms with E-state index < -0.39 is 0 Å². The topological polar surface area (TPSA) is 117 Å². The van der Waals surface area contributed by atoms with Crippen LogP contribution >= 0.6 is 24.0 Å². The van der Waals surface area contributed by atoms with Crippen molar-refractivity contribution in [2.75, 3.05) is 18.4 Å². The fourth-order valence-electron chi connectivity index (χ4n) is 2.27. The molecule has 3 aromatic rings. The van der Waals surface area contributed by atoms with Gasteiger partial charge in [-0.3, -0.25) is 14.9 Å². The molecular formula is C19H21IN6O2. The number of aromatic nitrogens is 2. The molecule has 146 valence electrons. The molecule has 1 amide bonds. The number of hydrogen-bond acceptors (Lipinski definition) is 4. The number of aromatic amines is 1. The number of nitrogens with one attached hydrogen (secondary N) is 3. The van der Waals surface area contributed by atoms with Crippen LogP contribution in [0.4, 0.5) is 5.69 Å². The Balaban J connectivity index is 0.00000280. The summed E-state index contributed by atoms with van der Waals surface area (Å²) in [6, 6.07) is 18.5. The van der Waals surface area contributed by atoms with Crippen molar-refractivity contribution in [1.82, 2.24) is 15.5 Å². The van der Waals surface area contributed by atoms with Gasteiger partial charge in [0.1, 0.15) is 17.2 Å². The molecule has 0 atom stereocenters. The van der Waals surface area contributed by atoms with Gasteiger partial charge in [0.25, 0.3) is 5.91 Å². The third kappa shape index (κ3) is 6.58. The number of hydrogen-bond donors (Lipinski definition) is 4. The summed E-state index contributed by atoms with van der Waals surface area (Å²) in [5.41, 5.74) is 7.05. The number of rotatable bonds is 7. The van der Waals surface area contributed by atoms with Crippen LogP contribution < -0.4 is 21.1 Å². The zero-order chi connectivity index (χ0) is 18.9. The highest BCUT2D eigenvalue weighted by Gasteiger charge is 2.05. The second-order valence-corrected chi connectivity index (χ2v) is 5.56. The molecule has 1 heterocycles. The molecule has 0 spiro atoms. The first-order valence-electron chi connectivity index (χ1n) is 8.38. The van der Waals surface area contributed by atoms with Crippen molar-refractivity contribution in [2.24, 2.45) is 10.7 Å². The van der Waals surface area contributed by atoms with Gasteiger partial charge in [-0.1, -0.05) is 24.3 Å². The summed E-state index contributed by atoms with van der Waals surface area (Å²) in [7, 11) is 0. The molecule has 0 aliphatic heterocycles. The highest BCUT2D eigenvalue weighted by Crippen LogP contribution is 2.23. The first-order chi connectivity index (χ1) is 13.2. The Labute approximate surface area is 179 Å². The number of guanidine groups is 1. The maximum atomic E-state index is 11.7. The normalized spacial score (nSPS) is 10.6. The number of halogens is 1. The number of nitrogens with zero attached hydrogens (tertiary/aromatic N) is 2. The minimum atomic E-state index is -0.236. The maximum Gasteiger partial charge on any atom is 0.269 e. The highest BCUT2D eigenvalue weighted by molar-refractivity contribution is 14.0. The molecule has 2 aromatic carbocycles. The molecule has 0 bridgehead atoms. The van der Waals surface area contributed by atoms with Crippen LogP contribution in [0.25, 0.3) is 0 Å². The molecule has 8 nitrogen and oxygen atoms in total. The van der Waals surface area contributed by atoms with Crippen molar-refractivity contribution >= 4 is 41.5 Å². The zero-order valence-electron chi connectivity index (χ0n) is 15.0. The smallest absolute Gasteiger partial charge is 0.269 e. The Morgan fingerprint density at radius 3 is 2.64 bits per heavy atom. The van der Waals surface area contributed by atoms with E-state index in [1.165, 1.54) is 6.20 Å². The van der Waals surface area contributed by atoms with Crippen LogP contribution in [0.3, 0.4) is 0 Å². The van der Waals surface area contributed by atoms with Gasteiger partial charge in [-0.2, -0.15) is 5.10 Å². The van der Waals surface area contributed by atoms with Crippen LogP contribution in [0.1, 0.15) is 10.5 Å². The van der Waals surface area contributed by atoms with Gasteiger partial charge in [0.15, 0.2) is 5.96 Å². The van der Waals surface area contributed by atoms with Crippen LogP contribution in [0.5, 0.6) is 11.5 Å². The van der Waals surface area contributed by atoms with E-state index in [0.717, 1.165) is 11.4 Å². The lowest BCUT2D eigenvalue weighted by atomic mass is 10.3. The number of para-hydroxylation sites is 1. The van der Waals surface area contributed by atoms with E-state index in [2.05, 4.69) is 25.8 Å². The Morgan fingerprint density at radius 1 is 1.11 bits per heavy atom. The minimum absolute atomic E-state index is 0. The maximum absolute atomic E-state index is 11.7. The molecule has 0 saturated carbocycles. The lowest BCUT2D eigenvalue weighted by molar-refractivity contribution is 0.0950. The van der Waals surface area contributed by atoms with Crippen molar-refractivity contribution in [2.45, 2.75) is 0 Å². The number of nitrogens with two attached hydrogens (primary N) is 1. The van der Waals surface area contributed by atoms with Crippen molar-refractivity contribution < 1.29 is 9.53 Å². The van der Waals surface area contributed by atoms with Crippen LogP contribution in [-0.2, 0) is 0 Å². The van der Waals surface area contributed by atoms with Crippen LogP contribution in [-0.4, -0.2) is 35.2 Å². The molecular weight excluding hydrogens is 471 g/mol. The van der Waals surface area contributed by atoms with Gasteiger partial charge in [0, 0.05) is 24.5 Å². The van der Waals surface area contributed by atoms with Crippen molar-refractivity contribution in [3.8, 4) is 11.5 Å². The van der Waals surface area contributed by atoms with Gasteiger partial charge in [0.2, 0.25) is 0 Å². The van der Waals surface area contributed by atoms with E-state index in [1.807, 2.05) is 54.6 Å². The second-order valence-electron chi connectivity index (χ2n) is 5.56. The number of aliphatic imine (C=N–C) groups is 1. The zero-order valence-corrected chi connectivity index (χ0v) is 17.3. The quantitative estimate of drug-likeness (QED) is 0.175.